The van der Waals surface area contributed by atoms with Gasteiger partial charge in [0.05, 0.1) is 23.5 Å². The second kappa shape index (κ2) is 6.21. The molecule has 1 unspecified atom stereocenters. The van der Waals surface area contributed by atoms with Crippen LogP contribution in [0.25, 0.3) is 11.0 Å². The fourth-order valence-corrected chi connectivity index (χ4v) is 3.58. The average Bonchev–Trinajstić information content (AvgIpc) is 2.52. The number of likely N-dealkylation sites (tertiary alicyclic amines) is 1. The number of hydrogen-bond donors (Lipinski definition) is 1. The predicted octanol–water partition coefficient (Wildman–Crippen LogP) is 0.784. The molecule has 7 nitrogen and oxygen atoms in total. The van der Waals surface area contributed by atoms with Gasteiger partial charge in [-0.05, 0) is 25.0 Å². The van der Waals surface area contributed by atoms with E-state index < -0.39 is 10.0 Å². The van der Waals surface area contributed by atoms with Gasteiger partial charge in [-0.2, -0.15) is 0 Å². The maximum atomic E-state index is 12.6. The molecule has 122 valence electrons. The van der Waals surface area contributed by atoms with Crippen molar-refractivity contribution in [1.29, 1.82) is 0 Å². The van der Waals surface area contributed by atoms with E-state index in [1.165, 1.54) is 6.20 Å². The first-order valence-corrected chi connectivity index (χ1v) is 9.30. The molecule has 1 fully saturated rings. The summed E-state index contributed by atoms with van der Waals surface area (Å²) in [6.07, 6.45) is 4.07. The Morgan fingerprint density at radius 2 is 2.04 bits per heavy atom. The minimum atomic E-state index is -3.28. The molecule has 8 heteroatoms. The second-order valence-corrected chi connectivity index (χ2v) is 7.50. The summed E-state index contributed by atoms with van der Waals surface area (Å²) in [7, 11) is -3.28. The van der Waals surface area contributed by atoms with E-state index in [9.17, 15) is 13.2 Å². The van der Waals surface area contributed by atoms with Crippen molar-refractivity contribution in [3.63, 3.8) is 0 Å². The highest BCUT2D eigenvalue weighted by Gasteiger charge is 2.27. The Hall–Kier alpha value is -2.06. The molecule has 3 rings (SSSR count). The molecule has 1 atom stereocenters. The molecule has 1 aromatic carbocycles. The van der Waals surface area contributed by atoms with Gasteiger partial charge in [0.15, 0.2) is 0 Å². The van der Waals surface area contributed by atoms with Crippen LogP contribution in [0.15, 0.2) is 30.5 Å². The fourth-order valence-electron chi connectivity index (χ4n) is 2.78. The predicted molar refractivity (Wildman–Crippen MR) is 86.4 cm³/mol. The van der Waals surface area contributed by atoms with E-state index in [1.807, 2.05) is 24.3 Å². The van der Waals surface area contributed by atoms with Crippen LogP contribution >= 0.6 is 0 Å². The zero-order valence-corrected chi connectivity index (χ0v) is 13.6. The molecular weight excluding hydrogens is 316 g/mol. The smallest absolute Gasteiger partial charge is 0.274 e. The maximum Gasteiger partial charge on any atom is 0.274 e. The topological polar surface area (TPSA) is 92.3 Å². The largest absolute Gasteiger partial charge is 0.336 e. The second-order valence-electron chi connectivity index (χ2n) is 5.72. The zero-order valence-electron chi connectivity index (χ0n) is 12.8. The number of nitrogens with one attached hydrogen (secondary N) is 1. The lowest BCUT2D eigenvalue weighted by Crippen LogP contribution is -2.49. The molecule has 0 spiro atoms. The van der Waals surface area contributed by atoms with E-state index in [2.05, 4.69) is 14.7 Å². The zero-order chi connectivity index (χ0) is 16.4. The van der Waals surface area contributed by atoms with Gasteiger partial charge in [-0.15, -0.1) is 0 Å². The van der Waals surface area contributed by atoms with Crippen LogP contribution < -0.4 is 4.72 Å². The van der Waals surface area contributed by atoms with Gasteiger partial charge in [0.25, 0.3) is 5.91 Å². The van der Waals surface area contributed by atoms with Gasteiger partial charge in [0.1, 0.15) is 5.69 Å². The minimum Gasteiger partial charge on any atom is -0.336 e. The van der Waals surface area contributed by atoms with Crippen molar-refractivity contribution in [2.75, 3.05) is 19.3 Å². The van der Waals surface area contributed by atoms with Crippen LogP contribution in [-0.2, 0) is 10.0 Å². The third kappa shape index (κ3) is 3.83. The van der Waals surface area contributed by atoms with Crippen molar-refractivity contribution in [3.8, 4) is 0 Å². The quantitative estimate of drug-likeness (QED) is 0.895. The van der Waals surface area contributed by atoms with Crippen LogP contribution in [0.4, 0.5) is 0 Å². The summed E-state index contributed by atoms with van der Waals surface area (Å²) < 4.78 is 25.3. The third-order valence-electron chi connectivity index (χ3n) is 3.76. The summed E-state index contributed by atoms with van der Waals surface area (Å²) >= 11 is 0. The van der Waals surface area contributed by atoms with Crippen molar-refractivity contribution in [3.05, 3.63) is 36.2 Å². The van der Waals surface area contributed by atoms with Gasteiger partial charge in [0.2, 0.25) is 10.0 Å². The monoisotopic (exact) mass is 334 g/mol. The Morgan fingerprint density at radius 1 is 1.30 bits per heavy atom. The first kappa shape index (κ1) is 15.8. The van der Waals surface area contributed by atoms with Crippen LogP contribution in [0.5, 0.6) is 0 Å². The number of carbonyl (C=O) groups excluding carboxylic acids is 1. The molecule has 1 aliphatic rings. The van der Waals surface area contributed by atoms with Gasteiger partial charge in [0, 0.05) is 19.1 Å². The van der Waals surface area contributed by atoms with E-state index in [1.54, 1.807) is 4.90 Å². The van der Waals surface area contributed by atoms with Crippen LogP contribution in [0.1, 0.15) is 23.3 Å². The van der Waals surface area contributed by atoms with Crippen LogP contribution in [0.3, 0.4) is 0 Å². The highest BCUT2D eigenvalue weighted by atomic mass is 32.2. The van der Waals surface area contributed by atoms with E-state index in [0.29, 0.717) is 18.6 Å². The van der Waals surface area contributed by atoms with Gasteiger partial charge in [-0.1, -0.05) is 12.1 Å². The van der Waals surface area contributed by atoms with Crippen molar-refractivity contribution in [2.24, 2.45) is 0 Å². The standard InChI is InChI=1S/C15H18N4O3S/c1-23(21,22)18-11-5-4-8-19(10-11)15(20)14-9-16-12-6-2-3-7-13(12)17-14/h2-3,6-7,9,11,18H,4-5,8,10H2,1H3. The molecule has 1 saturated heterocycles. The summed E-state index contributed by atoms with van der Waals surface area (Å²) in [4.78, 5) is 22.8. The van der Waals surface area contributed by atoms with Crippen molar-refractivity contribution >= 4 is 27.0 Å². The van der Waals surface area contributed by atoms with Gasteiger partial charge < -0.3 is 4.90 Å². The van der Waals surface area contributed by atoms with E-state index in [0.717, 1.165) is 24.6 Å². The number of piperidine rings is 1. The Bertz CT molecular complexity index is 837. The summed E-state index contributed by atoms with van der Waals surface area (Å²) in [5.41, 5.74) is 1.68. The molecule has 1 aliphatic heterocycles. The number of amides is 1. The molecule has 23 heavy (non-hydrogen) atoms. The Kier molecular flexibility index (Phi) is 4.27. The molecule has 1 aromatic heterocycles. The Morgan fingerprint density at radius 3 is 2.78 bits per heavy atom. The lowest BCUT2D eigenvalue weighted by Gasteiger charge is -2.32. The highest BCUT2D eigenvalue weighted by Crippen LogP contribution is 2.15. The van der Waals surface area contributed by atoms with E-state index in [4.69, 9.17) is 0 Å². The molecule has 0 saturated carbocycles. The number of para-hydroxylation sites is 2. The average molecular weight is 334 g/mol. The minimum absolute atomic E-state index is 0.219. The van der Waals surface area contributed by atoms with Gasteiger partial charge in [-0.3, -0.25) is 9.78 Å². The van der Waals surface area contributed by atoms with E-state index in [-0.39, 0.29) is 17.6 Å². The number of fused-ring (bicyclic) bond motifs is 1. The van der Waals surface area contributed by atoms with Crippen molar-refractivity contribution < 1.29 is 13.2 Å². The summed E-state index contributed by atoms with van der Waals surface area (Å²) in [6, 6.07) is 7.10. The fraction of sp³-hybridized carbons (Fsp3) is 0.400. The third-order valence-corrected chi connectivity index (χ3v) is 4.52. The molecule has 2 heterocycles. The number of benzene rings is 1. The van der Waals surface area contributed by atoms with E-state index >= 15 is 0 Å². The number of sulfonamides is 1. The van der Waals surface area contributed by atoms with Crippen LogP contribution in [0.2, 0.25) is 0 Å². The number of hydrogen-bond acceptors (Lipinski definition) is 5. The summed E-state index contributed by atoms with van der Waals surface area (Å²) in [5.74, 6) is -0.219. The van der Waals surface area contributed by atoms with Crippen LogP contribution in [0, 0.1) is 0 Å². The number of nitrogens with zero attached hydrogens (tertiary/aromatic N) is 3. The number of aromatic nitrogens is 2. The van der Waals surface area contributed by atoms with Gasteiger partial charge >= 0.3 is 0 Å². The molecule has 0 bridgehead atoms. The summed E-state index contributed by atoms with van der Waals surface area (Å²) in [6.45, 7) is 0.940. The SMILES string of the molecule is CS(=O)(=O)NC1CCCN(C(=O)c2cnc3ccccc3n2)C1. The Labute approximate surface area is 134 Å². The molecule has 0 radical (unpaired) electrons. The number of rotatable bonds is 3. The molecule has 2 aromatic rings. The van der Waals surface area contributed by atoms with Gasteiger partial charge in [-0.25, -0.2) is 18.1 Å². The lowest BCUT2D eigenvalue weighted by atomic mass is 10.1. The first-order valence-electron chi connectivity index (χ1n) is 7.41. The molecular formula is C15H18N4O3S. The van der Waals surface area contributed by atoms with Crippen LogP contribution in [-0.4, -0.2) is 54.6 Å². The highest BCUT2D eigenvalue weighted by molar-refractivity contribution is 7.88. The molecule has 0 aliphatic carbocycles. The molecule has 1 N–H and O–H groups in total. The van der Waals surface area contributed by atoms with Crippen molar-refractivity contribution in [1.82, 2.24) is 19.6 Å². The normalized spacial score (nSPS) is 19.0. The number of carbonyl (C=O) groups is 1. The van der Waals surface area contributed by atoms with Crippen molar-refractivity contribution in [2.45, 2.75) is 18.9 Å². The summed E-state index contributed by atoms with van der Waals surface area (Å²) in [5, 5.41) is 0. The lowest BCUT2D eigenvalue weighted by molar-refractivity contribution is 0.0697. The molecule has 1 amide bonds. The maximum absolute atomic E-state index is 12.6. The Balaban J connectivity index is 1.78. The first-order chi connectivity index (χ1) is 10.9.